The highest BCUT2D eigenvalue weighted by atomic mass is 19.4. The van der Waals surface area contributed by atoms with E-state index in [0.29, 0.717) is 36.1 Å². The maximum absolute atomic E-state index is 13.8. The number of amides is 1. The zero-order chi connectivity index (χ0) is 36.9. The van der Waals surface area contributed by atoms with Crippen molar-refractivity contribution in [2.45, 2.75) is 90.4 Å². The van der Waals surface area contributed by atoms with Gasteiger partial charge in [-0.3, -0.25) is 4.79 Å². The molecule has 1 aliphatic heterocycles. The third-order valence-corrected chi connectivity index (χ3v) is 8.40. The van der Waals surface area contributed by atoms with Crippen LogP contribution in [0.25, 0.3) is 5.57 Å². The number of carbonyl (C=O) groups excluding carboxylic acids is 1. The van der Waals surface area contributed by atoms with Gasteiger partial charge < -0.3 is 24.7 Å². The molecule has 1 aliphatic rings. The summed E-state index contributed by atoms with van der Waals surface area (Å²) in [5.41, 5.74) is -3.41. The number of likely N-dealkylation sites (tertiary alicyclic amines) is 1. The number of allylic oxidation sites excluding steroid dienone is 2. The second kappa shape index (κ2) is 15.5. The second-order valence-corrected chi connectivity index (χ2v) is 12.7. The number of benzene rings is 1. The van der Waals surface area contributed by atoms with Crippen molar-refractivity contribution in [3.63, 3.8) is 0 Å². The van der Waals surface area contributed by atoms with E-state index in [1.54, 1.807) is 23.0 Å². The number of carbonyl (C=O) groups is 2. The molecule has 3 atom stereocenters. The smallest absolute Gasteiger partial charge is 0.416 e. The van der Waals surface area contributed by atoms with Crippen molar-refractivity contribution in [2.24, 2.45) is 11.3 Å². The van der Waals surface area contributed by atoms with Gasteiger partial charge in [0.15, 0.2) is 0 Å². The van der Waals surface area contributed by atoms with Gasteiger partial charge in [-0.1, -0.05) is 26.5 Å². The normalized spacial score (nSPS) is 19.0. The van der Waals surface area contributed by atoms with Crippen LogP contribution in [-0.4, -0.2) is 68.8 Å². The number of hydrogen-bond donors (Lipinski definition) is 2. The Labute approximate surface area is 281 Å². The quantitative estimate of drug-likeness (QED) is 0.103. The minimum absolute atomic E-state index is 0.0492. The van der Waals surface area contributed by atoms with Gasteiger partial charge in [-0.05, 0) is 63.3 Å². The number of hydrazine groups is 1. The molecule has 16 heteroatoms. The van der Waals surface area contributed by atoms with Crippen LogP contribution in [0, 0.1) is 5.41 Å². The van der Waals surface area contributed by atoms with E-state index in [-0.39, 0.29) is 37.0 Å². The molecule has 0 saturated carbocycles. The van der Waals surface area contributed by atoms with Crippen molar-refractivity contribution >= 4 is 23.6 Å². The largest absolute Gasteiger partial charge is 0.481 e. The maximum atomic E-state index is 13.8. The molecule has 2 heterocycles. The fraction of sp³-hybridized carbons (Fsp3) is 0.515. The summed E-state index contributed by atoms with van der Waals surface area (Å²) >= 11 is 0. The number of halogens is 6. The van der Waals surface area contributed by atoms with E-state index in [1.807, 2.05) is 13.8 Å². The zero-order valence-electron chi connectivity index (χ0n) is 28.0. The molecule has 49 heavy (non-hydrogen) atoms. The first-order valence-electron chi connectivity index (χ1n) is 15.6. The van der Waals surface area contributed by atoms with Crippen LogP contribution < -0.4 is 10.7 Å². The minimum Gasteiger partial charge on any atom is -0.481 e. The number of ether oxygens (including phenoxy) is 1. The first kappa shape index (κ1) is 39.1. The van der Waals surface area contributed by atoms with E-state index in [1.165, 1.54) is 37.3 Å². The van der Waals surface area contributed by atoms with Crippen LogP contribution in [0.4, 0.5) is 37.1 Å². The molecular weight excluding hydrogens is 658 g/mol. The van der Waals surface area contributed by atoms with Gasteiger partial charge in [-0.15, -0.1) is 0 Å². The average molecular weight is 701 g/mol. The van der Waals surface area contributed by atoms with Crippen molar-refractivity contribution in [1.82, 2.24) is 19.9 Å². The van der Waals surface area contributed by atoms with Gasteiger partial charge in [-0.25, -0.2) is 20.6 Å². The number of carboxylic acids is 1. The van der Waals surface area contributed by atoms with E-state index in [9.17, 15) is 41.0 Å². The highest BCUT2D eigenvalue weighted by molar-refractivity contribution is 5.75. The monoisotopic (exact) mass is 700 g/mol. The molecule has 1 fully saturated rings. The second-order valence-electron chi connectivity index (χ2n) is 12.7. The molecule has 10 nitrogen and oxygen atoms in total. The molecule has 2 aromatic rings. The van der Waals surface area contributed by atoms with E-state index >= 15 is 0 Å². The number of alkyl halides is 6. The molecule has 270 valence electrons. The molecular formula is C33H42F6N6O4. The lowest BCUT2D eigenvalue weighted by Crippen LogP contribution is -2.57. The number of nitrogens with zero attached hydrogens (tertiary/aromatic N) is 5. The van der Waals surface area contributed by atoms with E-state index in [0.717, 1.165) is 0 Å². The number of hydrogen-bond acceptors (Lipinski definition) is 8. The third kappa shape index (κ3) is 9.86. The molecule has 0 unspecified atom stereocenters. The first-order chi connectivity index (χ1) is 22.7. The van der Waals surface area contributed by atoms with E-state index < -0.39 is 65.6 Å². The van der Waals surface area contributed by atoms with Crippen molar-refractivity contribution in [1.29, 1.82) is 0 Å². The molecule has 0 bridgehead atoms. The highest BCUT2D eigenvalue weighted by Gasteiger charge is 2.42. The molecule has 1 aromatic carbocycles. The van der Waals surface area contributed by atoms with E-state index in [2.05, 4.69) is 16.5 Å². The van der Waals surface area contributed by atoms with Crippen molar-refractivity contribution in [3.8, 4) is 0 Å². The predicted molar refractivity (Wildman–Crippen MR) is 171 cm³/mol. The summed E-state index contributed by atoms with van der Waals surface area (Å²) in [5.74, 6) is 4.63. The zero-order valence-corrected chi connectivity index (χ0v) is 28.0. The van der Waals surface area contributed by atoms with Gasteiger partial charge >= 0.3 is 24.4 Å². The summed E-state index contributed by atoms with van der Waals surface area (Å²) in [5, 5.41) is 10.7. The molecule has 0 aliphatic carbocycles. The summed E-state index contributed by atoms with van der Waals surface area (Å²) in [4.78, 5) is 36.9. The summed E-state index contributed by atoms with van der Waals surface area (Å²) in [7, 11) is 1.59. The van der Waals surface area contributed by atoms with Crippen LogP contribution in [0.5, 0.6) is 0 Å². The maximum Gasteiger partial charge on any atom is 0.416 e. The summed E-state index contributed by atoms with van der Waals surface area (Å²) < 4.78 is 88.1. The summed E-state index contributed by atoms with van der Waals surface area (Å²) in [6.07, 6.45) is -3.45. The topological polar surface area (TPSA) is 125 Å². The van der Waals surface area contributed by atoms with Crippen molar-refractivity contribution < 1.29 is 45.8 Å². The Bertz CT molecular complexity index is 1460. The van der Waals surface area contributed by atoms with Gasteiger partial charge in [-0.2, -0.15) is 26.3 Å². The Morgan fingerprint density at radius 1 is 1.02 bits per heavy atom. The Morgan fingerprint density at radius 2 is 1.53 bits per heavy atom. The molecule has 3 N–H and O–H groups in total. The van der Waals surface area contributed by atoms with Crippen molar-refractivity contribution in [2.75, 3.05) is 18.6 Å². The van der Waals surface area contributed by atoms with Crippen molar-refractivity contribution in [3.05, 3.63) is 71.7 Å². The Balaban J connectivity index is 2.09. The lowest BCUT2D eigenvalue weighted by Gasteiger charge is -2.47. The van der Waals surface area contributed by atoms with Gasteiger partial charge in [0.05, 0.1) is 16.5 Å². The fourth-order valence-electron chi connectivity index (χ4n) is 5.66. The molecule has 1 amide bonds. The molecule has 1 aromatic heterocycles. The van der Waals surface area contributed by atoms with Crippen LogP contribution in [0.15, 0.2) is 49.4 Å². The number of piperidine rings is 1. The van der Waals surface area contributed by atoms with Gasteiger partial charge in [0.25, 0.3) is 0 Å². The standard InChI is InChI=1S/C33H42F6N6O4/c1-7-21(18-43(6)40)22-15-41-29(42-16-22)44(17-20-10-23(32(34,35)36)12-24(11-20)33(37,38)39)27-13-25(8-2)45(26(9-3)14-27)30(48)49-19-31(4,5)28(46)47/h7,10-12,15-16,18,25-27H,1,8-9,13-14,17,19,40H2,2-6H3,(H,46,47)/b21-18+/t25-,26+,27+. The van der Waals surface area contributed by atoms with E-state index in [4.69, 9.17) is 10.6 Å². The van der Waals surface area contributed by atoms with Gasteiger partial charge in [0, 0.05) is 61.4 Å². The molecule has 1 saturated heterocycles. The Morgan fingerprint density at radius 3 is 1.94 bits per heavy atom. The number of anilines is 1. The highest BCUT2D eigenvalue weighted by Crippen LogP contribution is 2.38. The molecule has 3 rings (SSSR count). The number of aromatic nitrogens is 2. The SMILES string of the molecule is C=C/C(=C\N(C)N)c1cnc(N(Cc2cc(C(F)(F)F)cc(C(F)(F)F)c2)[C@H]2C[C@@H](CC)N(C(=O)OCC(C)(C)C(=O)O)[C@@H](CC)C2)nc1. The van der Waals surface area contributed by atoms with Crippen LogP contribution in [-0.2, 0) is 28.4 Å². The summed E-state index contributed by atoms with van der Waals surface area (Å²) in [6, 6.07) is -0.0298. The van der Waals surface area contributed by atoms with Gasteiger partial charge in [0.1, 0.15) is 6.61 Å². The summed E-state index contributed by atoms with van der Waals surface area (Å²) in [6.45, 7) is 9.48. The molecule has 0 spiro atoms. The lowest BCUT2D eigenvalue weighted by atomic mass is 9.87. The van der Waals surface area contributed by atoms with Gasteiger partial charge in [0.2, 0.25) is 5.95 Å². The van der Waals surface area contributed by atoms with Crippen LogP contribution in [0.1, 0.15) is 75.6 Å². The van der Waals surface area contributed by atoms with Crippen LogP contribution in [0.2, 0.25) is 0 Å². The molecule has 0 radical (unpaired) electrons. The number of rotatable bonds is 12. The predicted octanol–water partition coefficient (Wildman–Crippen LogP) is 7.12. The first-order valence-corrected chi connectivity index (χ1v) is 15.6. The number of aliphatic carboxylic acids is 1. The van der Waals surface area contributed by atoms with Crippen LogP contribution in [0.3, 0.4) is 0 Å². The lowest BCUT2D eigenvalue weighted by molar-refractivity contribution is -0.149. The fourth-order valence-corrected chi connectivity index (χ4v) is 5.66. The average Bonchev–Trinajstić information content (AvgIpc) is 3.03. The Hall–Kier alpha value is -4.34. The minimum atomic E-state index is -5.04. The van der Waals surface area contributed by atoms with Crippen LogP contribution >= 0.6 is 0 Å². The number of carboxylic acid groups (broad SMARTS) is 1. The number of nitrogens with two attached hydrogens (primary N) is 1. The third-order valence-electron chi connectivity index (χ3n) is 8.40. The Kier molecular flexibility index (Phi) is 12.3.